The van der Waals surface area contributed by atoms with E-state index >= 15 is 0 Å². The summed E-state index contributed by atoms with van der Waals surface area (Å²) in [7, 11) is 0. The first-order valence-corrected chi connectivity index (χ1v) is 4.74. The van der Waals surface area contributed by atoms with E-state index in [2.05, 4.69) is 12.6 Å². The maximum atomic E-state index is 10.9. The van der Waals surface area contributed by atoms with Crippen LogP contribution in [0.3, 0.4) is 0 Å². The van der Waals surface area contributed by atoms with Crippen molar-refractivity contribution in [3.05, 3.63) is 24.3 Å². The summed E-state index contributed by atoms with van der Waals surface area (Å²) in [5, 5.41) is 0. The van der Waals surface area contributed by atoms with E-state index in [1.165, 1.54) is 0 Å². The standard InChI is InChI=1S/C10H12O3S/c1-2-12-10(11)7-13-8-3-5-9(14)6-4-8/h3-6,14H,2,7H2,1H3. The minimum Gasteiger partial charge on any atom is -0.482 e. The number of hydrogen-bond acceptors (Lipinski definition) is 4. The molecule has 0 unspecified atom stereocenters. The van der Waals surface area contributed by atoms with Crippen molar-refractivity contribution in [2.75, 3.05) is 13.2 Å². The quantitative estimate of drug-likeness (QED) is 0.611. The minimum atomic E-state index is -0.359. The maximum absolute atomic E-state index is 10.9. The van der Waals surface area contributed by atoms with E-state index in [-0.39, 0.29) is 12.6 Å². The molecule has 0 fully saturated rings. The van der Waals surface area contributed by atoms with Crippen LogP contribution in [0.4, 0.5) is 0 Å². The summed E-state index contributed by atoms with van der Waals surface area (Å²) < 4.78 is 9.88. The lowest BCUT2D eigenvalue weighted by molar-refractivity contribution is -0.145. The van der Waals surface area contributed by atoms with Crippen LogP contribution < -0.4 is 4.74 Å². The predicted octanol–water partition coefficient (Wildman–Crippen LogP) is 1.92. The highest BCUT2D eigenvalue weighted by atomic mass is 32.1. The van der Waals surface area contributed by atoms with Gasteiger partial charge in [0.15, 0.2) is 6.61 Å². The van der Waals surface area contributed by atoms with Gasteiger partial charge in [-0.05, 0) is 31.2 Å². The number of rotatable bonds is 4. The van der Waals surface area contributed by atoms with Gasteiger partial charge in [0.25, 0.3) is 0 Å². The zero-order valence-corrected chi connectivity index (χ0v) is 8.79. The highest BCUT2D eigenvalue weighted by molar-refractivity contribution is 7.80. The number of thiol groups is 1. The lowest BCUT2D eigenvalue weighted by atomic mass is 10.3. The van der Waals surface area contributed by atoms with Crippen LogP contribution in [0.15, 0.2) is 29.2 Å². The van der Waals surface area contributed by atoms with E-state index in [1.54, 1.807) is 31.2 Å². The number of ether oxygens (including phenoxy) is 2. The first-order chi connectivity index (χ1) is 6.72. The fourth-order valence-electron chi connectivity index (χ4n) is 0.887. The predicted molar refractivity (Wildman–Crippen MR) is 55.8 cm³/mol. The Morgan fingerprint density at radius 1 is 1.36 bits per heavy atom. The van der Waals surface area contributed by atoms with Gasteiger partial charge in [-0.25, -0.2) is 4.79 Å². The van der Waals surface area contributed by atoms with Gasteiger partial charge in [-0.3, -0.25) is 0 Å². The van der Waals surface area contributed by atoms with Gasteiger partial charge >= 0.3 is 5.97 Å². The molecule has 0 aliphatic heterocycles. The molecule has 1 aromatic carbocycles. The van der Waals surface area contributed by atoms with Gasteiger partial charge in [-0.2, -0.15) is 0 Å². The molecule has 0 atom stereocenters. The Morgan fingerprint density at radius 3 is 2.57 bits per heavy atom. The number of esters is 1. The summed E-state index contributed by atoms with van der Waals surface area (Å²) >= 11 is 4.13. The van der Waals surface area contributed by atoms with E-state index in [0.717, 1.165) is 4.90 Å². The van der Waals surface area contributed by atoms with E-state index in [0.29, 0.717) is 12.4 Å². The minimum absolute atomic E-state index is 0.0558. The number of hydrogen-bond donors (Lipinski definition) is 1. The van der Waals surface area contributed by atoms with Crippen LogP contribution in [0, 0.1) is 0 Å². The molecule has 0 heterocycles. The van der Waals surface area contributed by atoms with Gasteiger partial charge in [0.2, 0.25) is 0 Å². The molecule has 4 heteroatoms. The molecule has 3 nitrogen and oxygen atoms in total. The molecule has 0 radical (unpaired) electrons. The van der Waals surface area contributed by atoms with Crippen LogP contribution in [0.2, 0.25) is 0 Å². The smallest absolute Gasteiger partial charge is 0.344 e. The van der Waals surface area contributed by atoms with Crippen molar-refractivity contribution in [1.82, 2.24) is 0 Å². The normalized spacial score (nSPS) is 9.57. The Balaban J connectivity index is 2.38. The van der Waals surface area contributed by atoms with E-state index in [1.807, 2.05) is 0 Å². The van der Waals surface area contributed by atoms with Crippen LogP contribution in [-0.2, 0) is 9.53 Å². The molecule has 0 aliphatic rings. The second-order valence-corrected chi connectivity index (χ2v) is 3.10. The third kappa shape index (κ3) is 3.70. The summed E-state index contributed by atoms with van der Waals surface area (Å²) in [6.45, 7) is 2.07. The second kappa shape index (κ2) is 5.54. The Labute approximate surface area is 88.4 Å². The Hall–Kier alpha value is -1.16. The maximum Gasteiger partial charge on any atom is 0.344 e. The van der Waals surface area contributed by atoms with Crippen LogP contribution in [-0.4, -0.2) is 19.2 Å². The van der Waals surface area contributed by atoms with Crippen LogP contribution >= 0.6 is 12.6 Å². The molecule has 0 bridgehead atoms. The molecule has 0 aliphatic carbocycles. The lowest BCUT2D eigenvalue weighted by Gasteiger charge is -2.05. The van der Waals surface area contributed by atoms with Crippen LogP contribution in [0.1, 0.15) is 6.92 Å². The van der Waals surface area contributed by atoms with Gasteiger partial charge < -0.3 is 9.47 Å². The van der Waals surface area contributed by atoms with Gasteiger partial charge in [0.05, 0.1) is 6.61 Å². The monoisotopic (exact) mass is 212 g/mol. The first-order valence-electron chi connectivity index (χ1n) is 4.30. The van der Waals surface area contributed by atoms with Crippen molar-refractivity contribution in [2.24, 2.45) is 0 Å². The third-order valence-electron chi connectivity index (χ3n) is 1.50. The Morgan fingerprint density at radius 2 is 2.00 bits per heavy atom. The van der Waals surface area contributed by atoms with Gasteiger partial charge in [0.1, 0.15) is 5.75 Å². The van der Waals surface area contributed by atoms with Crippen molar-refractivity contribution in [1.29, 1.82) is 0 Å². The van der Waals surface area contributed by atoms with Crippen molar-refractivity contribution < 1.29 is 14.3 Å². The lowest BCUT2D eigenvalue weighted by Crippen LogP contribution is -2.14. The highest BCUT2D eigenvalue weighted by Crippen LogP contribution is 2.13. The van der Waals surface area contributed by atoms with Crippen molar-refractivity contribution >= 4 is 18.6 Å². The zero-order chi connectivity index (χ0) is 10.4. The SMILES string of the molecule is CCOC(=O)COc1ccc(S)cc1. The molecular weight excluding hydrogens is 200 g/mol. The Bertz CT molecular complexity index is 295. The molecule has 1 rings (SSSR count). The molecule has 14 heavy (non-hydrogen) atoms. The summed E-state index contributed by atoms with van der Waals surface area (Å²) in [5.74, 6) is 0.276. The average Bonchev–Trinajstić information content (AvgIpc) is 2.17. The van der Waals surface area contributed by atoms with Crippen molar-refractivity contribution in [3.8, 4) is 5.75 Å². The zero-order valence-electron chi connectivity index (χ0n) is 7.90. The fraction of sp³-hybridized carbons (Fsp3) is 0.300. The molecule has 0 saturated carbocycles. The van der Waals surface area contributed by atoms with Gasteiger partial charge in [-0.15, -0.1) is 12.6 Å². The van der Waals surface area contributed by atoms with Crippen molar-refractivity contribution in [3.63, 3.8) is 0 Å². The molecule has 1 aromatic rings. The summed E-state index contributed by atoms with van der Waals surface area (Å²) in [6, 6.07) is 7.09. The molecule has 0 amide bonds. The molecular formula is C10H12O3S. The fourth-order valence-corrected chi connectivity index (χ4v) is 1.04. The van der Waals surface area contributed by atoms with E-state index in [4.69, 9.17) is 9.47 Å². The van der Waals surface area contributed by atoms with Crippen LogP contribution in [0.25, 0.3) is 0 Å². The largest absolute Gasteiger partial charge is 0.482 e. The van der Waals surface area contributed by atoms with Gasteiger partial charge in [0, 0.05) is 4.90 Å². The third-order valence-corrected chi connectivity index (χ3v) is 1.80. The molecule has 0 saturated heterocycles. The topological polar surface area (TPSA) is 35.5 Å². The summed E-state index contributed by atoms with van der Waals surface area (Å²) in [6.07, 6.45) is 0. The molecule has 0 N–H and O–H groups in total. The van der Waals surface area contributed by atoms with E-state index < -0.39 is 0 Å². The number of carbonyl (C=O) groups excluding carboxylic acids is 1. The molecule has 76 valence electrons. The number of carbonyl (C=O) groups is 1. The van der Waals surface area contributed by atoms with Crippen LogP contribution in [0.5, 0.6) is 5.75 Å². The number of benzene rings is 1. The van der Waals surface area contributed by atoms with Crippen molar-refractivity contribution in [2.45, 2.75) is 11.8 Å². The Kier molecular flexibility index (Phi) is 4.32. The summed E-state index contributed by atoms with van der Waals surface area (Å²) in [5.41, 5.74) is 0. The van der Waals surface area contributed by atoms with E-state index in [9.17, 15) is 4.79 Å². The molecule has 0 aromatic heterocycles. The highest BCUT2D eigenvalue weighted by Gasteiger charge is 2.01. The second-order valence-electron chi connectivity index (χ2n) is 2.59. The average molecular weight is 212 g/mol. The molecule has 0 spiro atoms. The summed E-state index contributed by atoms with van der Waals surface area (Å²) in [4.78, 5) is 11.8. The first kappa shape index (κ1) is 10.9. The van der Waals surface area contributed by atoms with Gasteiger partial charge in [-0.1, -0.05) is 0 Å².